The Morgan fingerprint density at radius 3 is 2.62 bits per heavy atom. The van der Waals surface area contributed by atoms with Gasteiger partial charge in [0.25, 0.3) is 5.91 Å². The highest BCUT2D eigenvalue weighted by Crippen LogP contribution is 2.15. The SMILES string of the molecule is Cc1ccc(NC(=O)c2cnn(C)c2-n2cccc2)nc1. The van der Waals surface area contributed by atoms with Gasteiger partial charge in [0.2, 0.25) is 0 Å². The Balaban J connectivity index is 1.90. The lowest BCUT2D eigenvalue weighted by Crippen LogP contribution is -2.15. The van der Waals surface area contributed by atoms with Crippen molar-refractivity contribution in [2.75, 3.05) is 5.32 Å². The quantitative estimate of drug-likeness (QED) is 0.800. The third kappa shape index (κ3) is 2.55. The minimum atomic E-state index is -0.233. The second kappa shape index (κ2) is 5.24. The van der Waals surface area contributed by atoms with Crippen LogP contribution in [0.3, 0.4) is 0 Å². The highest BCUT2D eigenvalue weighted by molar-refractivity contribution is 6.05. The molecule has 6 nitrogen and oxygen atoms in total. The molecule has 0 aliphatic rings. The summed E-state index contributed by atoms with van der Waals surface area (Å²) in [4.78, 5) is 16.6. The third-order valence-corrected chi connectivity index (χ3v) is 3.15. The maximum atomic E-state index is 12.4. The molecular weight excluding hydrogens is 266 g/mol. The van der Waals surface area contributed by atoms with Gasteiger partial charge in [-0.1, -0.05) is 6.07 Å². The summed E-state index contributed by atoms with van der Waals surface area (Å²) in [6.45, 7) is 1.95. The fraction of sp³-hybridized carbons (Fsp3) is 0.133. The molecule has 0 atom stereocenters. The van der Waals surface area contributed by atoms with E-state index in [2.05, 4.69) is 15.4 Å². The fourth-order valence-corrected chi connectivity index (χ4v) is 2.10. The summed E-state index contributed by atoms with van der Waals surface area (Å²) >= 11 is 0. The van der Waals surface area contributed by atoms with Gasteiger partial charge in [-0.3, -0.25) is 9.48 Å². The summed E-state index contributed by atoms with van der Waals surface area (Å²) < 4.78 is 3.52. The van der Waals surface area contributed by atoms with E-state index < -0.39 is 0 Å². The van der Waals surface area contributed by atoms with Crippen LogP contribution in [0.25, 0.3) is 5.82 Å². The summed E-state index contributed by atoms with van der Waals surface area (Å²) in [5.74, 6) is 1.00. The molecule has 21 heavy (non-hydrogen) atoms. The van der Waals surface area contributed by atoms with Crippen LogP contribution >= 0.6 is 0 Å². The van der Waals surface area contributed by atoms with Crippen molar-refractivity contribution >= 4 is 11.7 Å². The van der Waals surface area contributed by atoms with Crippen LogP contribution in [0.15, 0.2) is 49.1 Å². The van der Waals surface area contributed by atoms with E-state index in [0.29, 0.717) is 17.2 Å². The van der Waals surface area contributed by atoms with Crippen molar-refractivity contribution in [3.63, 3.8) is 0 Å². The van der Waals surface area contributed by atoms with E-state index >= 15 is 0 Å². The highest BCUT2D eigenvalue weighted by atomic mass is 16.1. The van der Waals surface area contributed by atoms with Crippen LogP contribution in [-0.2, 0) is 7.05 Å². The van der Waals surface area contributed by atoms with Crippen LogP contribution in [0.4, 0.5) is 5.82 Å². The second-order valence-corrected chi connectivity index (χ2v) is 4.77. The molecule has 0 saturated heterocycles. The van der Waals surface area contributed by atoms with Gasteiger partial charge >= 0.3 is 0 Å². The van der Waals surface area contributed by atoms with E-state index in [1.54, 1.807) is 30.2 Å². The molecule has 0 spiro atoms. The Kier molecular flexibility index (Phi) is 3.27. The largest absolute Gasteiger partial charge is 0.308 e. The summed E-state index contributed by atoms with van der Waals surface area (Å²) in [7, 11) is 1.80. The number of rotatable bonds is 3. The fourth-order valence-electron chi connectivity index (χ4n) is 2.10. The predicted molar refractivity (Wildman–Crippen MR) is 79.5 cm³/mol. The van der Waals surface area contributed by atoms with Crippen molar-refractivity contribution in [3.05, 3.63) is 60.2 Å². The maximum Gasteiger partial charge on any atom is 0.262 e. The summed E-state index contributed by atoms with van der Waals surface area (Å²) in [6, 6.07) is 7.48. The molecule has 0 fully saturated rings. The standard InChI is InChI=1S/C15H15N5O/c1-11-5-6-13(16-9-11)18-14(21)12-10-17-19(2)15(12)20-7-3-4-8-20/h3-10H,1-2H3,(H,16,18,21). The number of anilines is 1. The minimum Gasteiger partial charge on any atom is -0.308 e. The number of hydrogen-bond acceptors (Lipinski definition) is 3. The Morgan fingerprint density at radius 1 is 1.19 bits per heavy atom. The van der Waals surface area contributed by atoms with E-state index in [4.69, 9.17) is 0 Å². The van der Waals surface area contributed by atoms with Gasteiger partial charge in [-0.05, 0) is 30.7 Å². The van der Waals surface area contributed by atoms with Crippen LogP contribution in [0.2, 0.25) is 0 Å². The molecule has 1 amide bonds. The second-order valence-electron chi connectivity index (χ2n) is 4.77. The average molecular weight is 281 g/mol. The molecule has 0 aliphatic heterocycles. The minimum absolute atomic E-state index is 0.233. The first-order valence-electron chi connectivity index (χ1n) is 6.54. The number of nitrogens with zero attached hydrogens (tertiary/aromatic N) is 4. The zero-order valence-electron chi connectivity index (χ0n) is 11.8. The van der Waals surface area contributed by atoms with Gasteiger partial charge in [0, 0.05) is 25.6 Å². The average Bonchev–Trinajstić information content (AvgIpc) is 3.10. The lowest BCUT2D eigenvalue weighted by atomic mass is 10.3. The Morgan fingerprint density at radius 2 is 1.95 bits per heavy atom. The molecule has 0 radical (unpaired) electrons. The summed E-state index contributed by atoms with van der Waals surface area (Å²) in [5, 5.41) is 6.95. The van der Waals surface area contributed by atoms with Crippen molar-refractivity contribution in [3.8, 4) is 5.82 Å². The first-order valence-corrected chi connectivity index (χ1v) is 6.54. The molecule has 3 aromatic heterocycles. The molecule has 6 heteroatoms. The molecule has 3 heterocycles. The normalized spacial score (nSPS) is 10.6. The molecule has 0 aliphatic carbocycles. The molecule has 3 aromatic rings. The molecule has 0 aromatic carbocycles. The number of carbonyl (C=O) groups is 1. The highest BCUT2D eigenvalue weighted by Gasteiger charge is 2.17. The number of hydrogen-bond donors (Lipinski definition) is 1. The first kappa shape index (κ1) is 13.1. The molecule has 0 saturated carbocycles. The van der Waals surface area contributed by atoms with E-state index in [-0.39, 0.29) is 5.91 Å². The van der Waals surface area contributed by atoms with E-state index in [1.165, 1.54) is 0 Å². The van der Waals surface area contributed by atoms with Crippen molar-refractivity contribution in [1.29, 1.82) is 0 Å². The van der Waals surface area contributed by atoms with Crippen LogP contribution in [-0.4, -0.2) is 25.2 Å². The zero-order valence-corrected chi connectivity index (χ0v) is 11.8. The Bertz CT molecular complexity index is 756. The molecule has 106 valence electrons. The lowest BCUT2D eigenvalue weighted by Gasteiger charge is -2.08. The van der Waals surface area contributed by atoms with Gasteiger partial charge in [0.15, 0.2) is 0 Å². The lowest BCUT2D eigenvalue weighted by molar-refractivity contribution is 0.102. The van der Waals surface area contributed by atoms with Crippen LogP contribution in [0.5, 0.6) is 0 Å². The van der Waals surface area contributed by atoms with E-state index in [1.807, 2.05) is 42.1 Å². The van der Waals surface area contributed by atoms with Crippen LogP contribution in [0.1, 0.15) is 15.9 Å². The Labute approximate surface area is 122 Å². The molecule has 1 N–H and O–H groups in total. The zero-order chi connectivity index (χ0) is 14.8. The van der Waals surface area contributed by atoms with Gasteiger partial charge in [0.1, 0.15) is 17.2 Å². The molecular formula is C15H15N5O. The summed E-state index contributed by atoms with van der Waals surface area (Å²) in [6.07, 6.45) is 7.01. The number of aryl methyl sites for hydroxylation is 2. The first-order chi connectivity index (χ1) is 10.1. The molecule has 0 unspecified atom stereocenters. The monoisotopic (exact) mass is 281 g/mol. The van der Waals surface area contributed by atoms with Gasteiger partial charge in [-0.15, -0.1) is 0 Å². The van der Waals surface area contributed by atoms with Crippen molar-refractivity contribution in [1.82, 2.24) is 19.3 Å². The van der Waals surface area contributed by atoms with Crippen LogP contribution < -0.4 is 5.32 Å². The number of carbonyl (C=O) groups excluding carboxylic acids is 1. The van der Waals surface area contributed by atoms with Gasteiger partial charge < -0.3 is 9.88 Å². The summed E-state index contributed by atoms with van der Waals surface area (Å²) in [5.41, 5.74) is 1.54. The Hall–Kier alpha value is -2.89. The van der Waals surface area contributed by atoms with Crippen molar-refractivity contribution in [2.24, 2.45) is 7.05 Å². The van der Waals surface area contributed by atoms with Gasteiger partial charge in [0.05, 0.1) is 6.20 Å². The van der Waals surface area contributed by atoms with Gasteiger partial charge in [-0.2, -0.15) is 5.10 Å². The van der Waals surface area contributed by atoms with E-state index in [9.17, 15) is 4.79 Å². The maximum absolute atomic E-state index is 12.4. The number of amides is 1. The topological polar surface area (TPSA) is 64.7 Å². The number of nitrogens with one attached hydrogen (secondary N) is 1. The number of aromatic nitrogens is 4. The number of pyridine rings is 1. The third-order valence-electron chi connectivity index (χ3n) is 3.15. The van der Waals surface area contributed by atoms with E-state index in [0.717, 1.165) is 5.56 Å². The molecule has 3 rings (SSSR count). The predicted octanol–water partition coefficient (Wildman–Crippen LogP) is 2.17. The van der Waals surface area contributed by atoms with Crippen LogP contribution in [0, 0.1) is 6.92 Å². The smallest absolute Gasteiger partial charge is 0.262 e. The molecule has 0 bridgehead atoms. The van der Waals surface area contributed by atoms with Crippen molar-refractivity contribution in [2.45, 2.75) is 6.92 Å². The van der Waals surface area contributed by atoms with Crippen molar-refractivity contribution < 1.29 is 4.79 Å². The van der Waals surface area contributed by atoms with Gasteiger partial charge in [-0.25, -0.2) is 4.98 Å².